The molecule has 4 aromatic rings. The zero-order chi connectivity index (χ0) is 20.7. The van der Waals surface area contributed by atoms with Crippen molar-refractivity contribution in [3.05, 3.63) is 74.7 Å². The first-order valence-electron chi connectivity index (χ1n) is 10.7. The molecule has 1 aliphatic carbocycles. The second-order valence-electron chi connectivity index (χ2n) is 8.18. The Bertz CT molecular complexity index is 1360. The molecule has 1 aliphatic rings. The van der Waals surface area contributed by atoms with Crippen LogP contribution < -0.4 is 11.0 Å². The second-order valence-corrected chi connectivity index (χ2v) is 8.18. The van der Waals surface area contributed by atoms with Crippen molar-refractivity contribution in [1.82, 2.24) is 9.55 Å². The van der Waals surface area contributed by atoms with Crippen molar-refractivity contribution in [3.63, 3.8) is 0 Å². The summed E-state index contributed by atoms with van der Waals surface area (Å²) in [7, 11) is 0. The maximum atomic E-state index is 13.8. The third-order valence-corrected chi connectivity index (χ3v) is 6.22. The molecule has 0 radical (unpaired) electrons. The summed E-state index contributed by atoms with van der Waals surface area (Å²) in [6.07, 6.45) is 6.36. The van der Waals surface area contributed by atoms with Crippen LogP contribution in [-0.4, -0.2) is 9.55 Å². The zero-order valence-electron chi connectivity index (χ0n) is 17.1. The van der Waals surface area contributed by atoms with Gasteiger partial charge in [0.2, 0.25) is 11.1 Å². The van der Waals surface area contributed by atoms with Gasteiger partial charge in [0.1, 0.15) is 11.4 Å². The molecule has 1 saturated carbocycles. The molecule has 152 valence electrons. The van der Waals surface area contributed by atoms with Gasteiger partial charge in [-0.1, -0.05) is 62.1 Å². The molecule has 2 aromatic heterocycles. The lowest BCUT2D eigenvalue weighted by Gasteiger charge is -2.22. The predicted molar refractivity (Wildman–Crippen MR) is 119 cm³/mol. The summed E-state index contributed by atoms with van der Waals surface area (Å²) in [6, 6.07) is 15.0. The van der Waals surface area contributed by atoms with E-state index in [2.05, 4.69) is 0 Å². The van der Waals surface area contributed by atoms with Crippen LogP contribution in [0.3, 0.4) is 0 Å². The molecule has 0 spiro atoms. The molecule has 5 nitrogen and oxygen atoms in total. The smallest absolute Gasteiger partial charge is 0.269 e. The van der Waals surface area contributed by atoms with Crippen molar-refractivity contribution in [2.75, 3.05) is 0 Å². The van der Waals surface area contributed by atoms with E-state index in [4.69, 9.17) is 9.40 Å². The van der Waals surface area contributed by atoms with Gasteiger partial charge >= 0.3 is 0 Å². The molecular weight excluding hydrogens is 376 g/mol. The van der Waals surface area contributed by atoms with Crippen LogP contribution in [-0.2, 0) is 0 Å². The van der Waals surface area contributed by atoms with Gasteiger partial charge in [0.25, 0.3) is 5.56 Å². The Hall–Kier alpha value is -3.21. The Morgan fingerprint density at radius 2 is 1.63 bits per heavy atom. The third-order valence-electron chi connectivity index (χ3n) is 6.22. The van der Waals surface area contributed by atoms with Gasteiger partial charge in [-0.05, 0) is 37.5 Å². The van der Waals surface area contributed by atoms with E-state index in [1.165, 1.54) is 12.8 Å². The highest BCUT2D eigenvalue weighted by atomic mass is 16.3. The minimum atomic E-state index is -0.303. The number of rotatable bonds is 2. The van der Waals surface area contributed by atoms with Gasteiger partial charge in [-0.3, -0.25) is 14.2 Å². The third kappa shape index (κ3) is 3.05. The minimum Gasteiger partial charge on any atom is -0.437 e. The van der Waals surface area contributed by atoms with Gasteiger partial charge < -0.3 is 4.42 Å². The van der Waals surface area contributed by atoms with Crippen LogP contribution >= 0.6 is 0 Å². The lowest BCUT2D eigenvalue weighted by molar-refractivity contribution is 0.433. The van der Waals surface area contributed by atoms with Gasteiger partial charge in [-0.2, -0.15) is 4.98 Å². The predicted octanol–water partition coefficient (Wildman–Crippen LogP) is 5.37. The first-order chi connectivity index (χ1) is 14.6. The number of nitrogens with zero attached hydrogens (tertiary/aromatic N) is 2. The summed E-state index contributed by atoms with van der Waals surface area (Å²) in [5, 5.41) is 0.468. The molecule has 0 saturated heterocycles. The quantitative estimate of drug-likeness (QED) is 0.335. The number of benzene rings is 2. The fraction of sp³-hybridized carbons (Fsp3) is 0.320. The molecule has 2 aromatic carbocycles. The fourth-order valence-electron chi connectivity index (χ4n) is 4.63. The van der Waals surface area contributed by atoms with E-state index in [0.29, 0.717) is 16.8 Å². The van der Waals surface area contributed by atoms with Crippen LogP contribution in [0.25, 0.3) is 33.5 Å². The summed E-state index contributed by atoms with van der Waals surface area (Å²) >= 11 is 0. The number of aromatic nitrogens is 2. The molecule has 2 heterocycles. The highest BCUT2D eigenvalue weighted by Gasteiger charge is 2.25. The summed E-state index contributed by atoms with van der Waals surface area (Å²) in [5.74, 6) is 0.593. The molecule has 30 heavy (non-hydrogen) atoms. The zero-order valence-corrected chi connectivity index (χ0v) is 17.1. The molecule has 0 aliphatic heterocycles. The molecular formula is C25H24N2O3. The van der Waals surface area contributed by atoms with E-state index in [-0.39, 0.29) is 28.1 Å². The Balaban J connectivity index is 1.90. The molecule has 0 amide bonds. The van der Waals surface area contributed by atoms with Crippen LogP contribution in [0.4, 0.5) is 0 Å². The van der Waals surface area contributed by atoms with Crippen molar-refractivity contribution in [1.29, 1.82) is 0 Å². The van der Waals surface area contributed by atoms with Gasteiger partial charge in [-0.15, -0.1) is 0 Å². The molecule has 5 heteroatoms. The molecule has 0 N–H and O–H groups in total. The van der Waals surface area contributed by atoms with Crippen molar-refractivity contribution in [2.45, 2.75) is 51.5 Å². The van der Waals surface area contributed by atoms with Gasteiger partial charge in [0, 0.05) is 11.6 Å². The Morgan fingerprint density at radius 3 is 2.40 bits per heavy atom. The maximum absolute atomic E-state index is 13.8. The standard InChI is InChI=1S/C25H24N2O3/c1-16-10-6-7-13-18(16)23-26-24-21(22(28)19-14-8-9-15-20(19)30-24)25(29)27(23)17-11-4-2-3-5-12-17/h6-10,13-15,17H,2-5,11-12H2,1H3. The Kier molecular flexibility index (Phi) is 4.74. The SMILES string of the molecule is Cc1ccccc1-c1nc2oc3ccccc3c(=O)c2c(=O)n1C1CCCCCC1. The average Bonchev–Trinajstić information content (AvgIpc) is 3.03. The van der Waals surface area contributed by atoms with Crippen LogP contribution in [0.1, 0.15) is 50.1 Å². The summed E-state index contributed by atoms with van der Waals surface area (Å²) < 4.78 is 7.73. The average molecular weight is 400 g/mol. The summed E-state index contributed by atoms with van der Waals surface area (Å²) in [6.45, 7) is 2.01. The van der Waals surface area contributed by atoms with Crippen molar-refractivity contribution >= 4 is 22.1 Å². The molecule has 0 unspecified atom stereocenters. The maximum Gasteiger partial charge on any atom is 0.269 e. The van der Waals surface area contributed by atoms with Crippen LogP contribution in [0.2, 0.25) is 0 Å². The second kappa shape index (κ2) is 7.56. The molecule has 1 fully saturated rings. The first kappa shape index (κ1) is 18.8. The van der Waals surface area contributed by atoms with E-state index in [0.717, 1.165) is 36.8 Å². The molecule has 0 atom stereocenters. The van der Waals surface area contributed by atoms with Gasteiger partial charge in [0.15, 0.2) is 5.39 Å². The van der Waals surface area contributed by atoms with E-state index in [9.17, 15) is 9.59 Å². The van der Waals surface area contributed by atoms with Crippen molar-refractivity contribution < 1.29 is 4.42 Å². The Labute approximate surface area is 174 Å². The van der Waals surface area contributed by atoms with Crippen LogP contribution in [0.5, 0.6) is 0 Å². The number of hydrogen-bond acceptors (Lipinski definition) is 4. The lowest BCUT2D eigenvalue weighted by atomic mass is 10.0. The summed E-state index contributed by atoms with van der Waals surface area (Å²) in [5.41, 5.74) is 1.91. The van der Waals surface area contributed by atoms with Gasteiger partial charge in [0.05, 0.1) is 5.39 Å². The van der Waals surface area contributed by atoms with Crippen molar-refractivity contribution in [3.8, 4) is 11.4 Å². The normalized spacial score (nSPS) is 15.5. The topological polar surface area (TPSA) is 65.1 Å². The number of fused-ring (bicyclic) bond motifs is 2. The molecule has 5 rings (SSSR count). The van der Waals surface area contributed by atoms with Crippen molar-refractivity contribution in [2.24, 2.45) is 0 Å². The van der Waals surface area contributed by atoms with E-state index < -0.39 is 0 Å². The number of hydrogen-bond donors (Lipinski definition) is 0. The largest absolute Gasteiger partial charge is 0.437 e. The number of aryl methyl sites for hydroxylation is 1. The highest BCUT2D eigenvalue weighted by molar-refractivity contribution is 5.88. The van der Waals surface area contributed by atoms with E-state index in [1.807, 2.05) is 37.3 Å². The fourth-order valence-corrected chi connectivity index (χ4v) is 4.63. The minimum absolute atomic E-state index is 0.0392. The lowest BCUT2D eigenvalue weighted by Crippen LogP contribution is -2.30. The van der Waals surface area contributed by atoms with Crippen LogP contribution in [0, 0.1) is 6.92 Å². The number of para-hydroxylation sites is 1. The van der Waals surface area contributed by atoms with Crippen LogP contribution in [0.15, 0.2) is 62.5 Å². The summed E-state index contributed by atoms with van der Waals surface area (Å²) in [4.78, 5) is 31.8. The highest BCUT2D eigenvalue weighted by Crippen LogP contribution is 2.31. The first-order valence-corrected chi connectivity index (χ1v) is 10.7. The Morgan fingerprint density at radius 1 is 0.933 bits per heavy atom. The van der Waals surface area contributed by atoms with E-state index in [1.54, 1.807) is 22.8 Å². The molecule has 0 bridgehead atoms. The van der Waals surface area contributed by atoms with Gasteiger partial charge in [-0.25, -0.2) is 0 Å². The van der Waals surface area contributed by atoms with E-state index >= 15 is 0 Å². The monoisotopic (exact) mass is 400 g/mol.